The highest BCUT2D eigenvalue weighted by molar-refractivity contribution is 5.71. The fraction of sp³-hybridized carbons (Fsp3) is 0.949. The van der Waals surface area contributed by atoms with Gasteiger partial charge in [0.1, 0.15) is 13.2 Å². The summed E-state index contributed by atoms with van der Waals surface area (Å²) < 4.78 is 16.9. The molecule has 0 aromatic carbocycles. The predicted octanol–water partition coefficient (Wildman–Crippen LogP) is 19.3. The van der Waals surface area contributed by atoms with Crippen molar-refractivity contribution < 1.29 is 28.6 Å². The van der Waals surface area contributed by atoms with Crippen LogP contribution in [-0.4, -0.2) is 37.2 Å². The number of hydrogen-bond acceptors (Lipinski definition) is 6. The summed E-state index contributed by atoms with van der Waals surface area (Å²) in [5, 5.41) is 0. The average Bonchev–Trinajstić information content (AvgIpc) is 3.28. The van der Waals surface area contributed by atoms with Gasteiger partial charge in [0, 0.05) is 19.3 Å². The molecule has 0 N–H and O–H groups in total. The third kappa shape index (κ3) is 53.2. The molecular formula is C59H114O6. The maximum atomic E-state index is 12.9. The van der Waals surface area contributed by atoms with Crippen LogP contribution in [-0.2, 0) is 28.6 Å². The summed E-state index contributed by atoms with van der Waals surface area (Å²) in [6.07, 6.45) is 55.2. The maximum Gasteiger partial charge on any atom is 0.306 e. The van der Waals surface area contributed by atoms with Crippen LogP contribution in [0, 0.1) is 11.8 Å². The number of carbonyl (C=O) groups excluding carboxylic acids is 3. The maximum absolute atomic E-state index is 12.9. The summed E-state index contributed by atoms with van der Waals surface area (Å²) in [7, 11) is 0. The van der Waals surface area contributed by atoms with Crippen molar-refractivity contribution in [1.82, 2.24) is 0 Å². The Hall–Kier alpha value is -1.59. The standard InChI is InChI=1S/C59H114O6/c1-6-7-8-9-10-11-12-13-14-18-24-29-34-39-44-49-57(60)63-52-56(53-64-58(61)50-45-40-35-30-25-21-20-23-28-33-38-43-48-55(4)5)65-59(62)51-46-41-36-31-26-19-16-15-17-22-27-32-37-42-47-54(2)3/h54-56H,6-53H2,1-5H3/t56-/m1/s1. The van der Waals surface area contributed by atoms with Crippen molar-refractivity contribution in [2.24, 2.45) is 11.8 Å². The molecule has 1 atom stereocenters. The van der Waals surface area contributed by atoms with Crippen molar-refractivity contribution in [3.05, 3.63) is 0 Å². The normalized spacial score (nSPS) is 12.0. The molecule has 0 aromatic heterocycles. The van der Waals surface area contributed by atoms with Crippen LogP contribution in [0.2, 0.25) is 0 Å². The van der Waals surface area contributed by atoms with E-state index < -0.39 is 6.10 Å². The first-order chi connectivity index (χ1) is 31.7. The second kappa shape index (κ2) is 51.8. The van der Waals surface area contributed by atoms with E-state index in [2.05, 4.69) is 34.6 Å². The molecule has 0 aliphatic rings. The van der Waals surface area contributed by atoms with Crippen molar-refractivity contribution in [2.75, 3.05) is 13.2 Å². The molecule has 0 saturated heterocycles. The molecule has 0 aliphatic carbocycles. The van der Waals surface area contributed by atoms with Crippen molar-refractivity contribution in [1.29, 1.82) is 0 Å². The molecule has 0 heterocycles. The van der Waals surface area contributed by atoms with Gasteiger partial charge >= 0.3 is 17.9 Å². The highest BCUT2D eigenvalue weighted by atomic mass is 16.6. The minimum atomic E-state index is -0.763. The molecular weight excluding hydrogens is 805 g/mol. The summed E-state index contributed by atoms with van der Waals surface area (Å²) >= 11 is 0. The Morgan fingerprint density at radius 2 is 0.508 bits per heavy atom. The Bertz CT molecular complexity index is 993. The van der Waals surface area contributed by atoms with Gasteiger partial charge in [-0.1, -0.05) is 291 Å². The number of rotatable bonds is 53. The Morgan fingerprint density at radius 1 is 0.292 bits per heavy atom. The summed E-state index contributed by atoms with van der Waals surface area (Å²) in [4.78, 5) is 38.2. The first-order valence-electron chi connectivity index (χ1n) is 29.2. The van der Waals surface area contributed by atoms with Crippen LogP contribution in [0.1, 0.15) is 330 Å². The third-order valence-corrected chi connectivity index (χ3v) is 13.5. The van der Waals surface area contributed by atoms with Gasteiger partial charge < -0.3 is 14.2 Å². The zero-order valence-electron chi connectivity index (χ0n) is 44.6. The molecule has 0 spiro atoms. The topological polar surface area (TPSA) is 78.9 Å². The summed E-state index contributed by atoms with van der Waals surface area (Å²) in [6.45, 7) is 11.4. The molecule has 0 unspecified atom stereocenters. The minimum absolute atomic E-state index is 0.0625. The molecule has 386 valence electrons. The SMILES string of the molecule is CCCCCCCCCCCCCCCCCC(=O)OC[C@H](COC(=O)CCCCCCCCCCCCCCC(C)C)OC(=O)CCCCCCCCCCCCCCCCC(C)C. The predicted molar refractivity (Wildman–Crippen MR) is 280 cm³/mol. The van der Waals surface area contributed by atoms with Gasteiger partial charge in [-0.3, -0.25) is 14.4 Å². The van der Waals surface area contributed by atoms with E-state index in [0.717, 1.165) is 69.6 Å². The van der Waals surface area contributed by atoms with E-state index in [1.54, 1.807) is 0 Å². The van der Waals surface area contributed by atoms with E-state index in [1.165, 1.54) is 218 Å². The summed E-state index contributed by atoms with van der Waals surface area (Å²) in [5.41, 5.74) is 0. The highest BCUT2D eigenvalue weighted by Gasteiger charge is 2.19. The molecule has 0 amide bonds. The van der Waals surface area contributed by atoms with Gasteiger partial charge in [-0.15, -0.1) is 0 Å². The quantitative estimate of drug-likeness (QED) is 0.0344. The number of ether oxygens (including phenoxy) is 3. The lowest BCUT2D eigenvalue weighted by Gasteiger charge is -2.18. The van der Waals surface area contributed by atoms with Crippen molar-refractivity contribution in [2.45, 2.75) is 336 Å². The fourth-order valence-corrected chi connectivity index (χ4v) is 9.05. The smallest absolute Gasteiger partial charge is 0.306 e. The molecule has 0 radical (unpaired) electrons. The van der Waals surface area contributed by atoms with E-state index in [0.29, 0.717) is 19.3 Å². The van der Waals surface area contributed by atoms with Crippen molar-refractivity contribution in [3.8, 4) is 0 Å². The zero-order valence-corrected chi connectivity index (χ0v) is 44.6. The summed E-state index contributed by atoms with van der Waals surface area (Å²) in [5.74, 6) is 0.839. The zero-order chi connectivity index (χ0) is 47.5. The first kappa shape index (κ1) is 63.4. The average molecular weight is 920 g/mol. The van der Waals surface area contributed by atoms with Gasteiger partial charge in [0.05, 0.1) is 0 Å². The van der Waals surface area contributed by atoms with Gasteiger partial charge in [-0.2, -0.15) is 0 Å². The summed E-state index contributed by atoms with van der Waals surface area (Å²) in [6, 6.07) is 0. The Balaban J connectivity index is 4.30. The van der Waals surface area contributed by atoms with E-state index in [1.807, 2.05) is 0 Å². The molecule has 65 heavy (non-hydrogen) atoms. The molecule has 0 fully saturated rings. The lowest BCUT2D eigenvalue weighted by molar-refractivity contribution is -0.167. The number of hydrogen-bond donors (Lipinski definition) is 0. The van der Waals surface area contributed by atoms with Crippen LogP contribution in [0.4, 0.5) is 0 Å². The molecule has 6 heteroatoms. The second-order valence-electron chi connectivity index (χ2n) is 21.2. The highest BCUT2D eigenvalue weighted by Crippen LogP contribution is 2.18. The van der Waals surface area contributed by atoms with E-state index in [-0.39, 0.29) is 31.1 Å². The van der Waals surface area contributed by atoms with E-state index >= 15 is 0 Å². The lowest BCUT2D eigenvalue weighted by atomic mass is 10.0. The molecule has 0 rings (SSSR count). The minimum Gasteiger partial charge on any atom is -0.462 e. The van der Waals surface area contributed by atoms with Gasteiger partial charge in [0.15, 0.2) is 6.10 Å². The second-order valence-corrected chi connectivity index (χ2v) is 21.2. The van der Waals surface area contributed by atoms with E-state index in [4.69, 9.17) is 14.2 Å². The Morgan fingerprint density at radius 3 is 0.754 bits per heavy atom. The van der Waals surface area contributed by atoms with E-state index in [9.17, 15) is 14.4 Å². The monoisotopic (exact) mass is 919 g/mol. The van der Waals surface area contributed by atoms with Gasteiger partial charge in [0.2, 0.25) is 0 Å². The van der Waals surface area contributed by atoms with Gasteiger partial charge in [-0.05, 0) is 31.1 Å². The molecule has 0 bridgehead atoms. The third-order valence-electron chi connectivity index (χ3n) is 13.5. The van der Waals surface area contributed by atoms with Gasteiger partial charge in [0.25, 0.3) is 0 Å². The van der Waals surface area contributed by atoms with Crippen LogP contribution in [0.3, 0.4) is 0 Å². The molecule has 0 aliphatic heterocycles. The first-order valence-corrected chi connectivity index (χ1v) is 29.2. The van der Waals surface area contributed by atoms with Crippen molar-refractivity contribution in [3.63, 3.8) is 0 Å². The molecule has 0 aromatic rings. The lowest BCUT2D eigenvalue weighted by Crippen LogP contribution is -2.30. The van der Waals surface area contributed by atoms with Gasteiger partial charge in [-0.25, -0.2) is 0 Å². The number of unbranched alkanes of at least 4 members (excludes halogenated alkanes) is 38. The number of esters is 3. The Labute approximate surface area is 406 Å². The van der Waals surface area contributed by atoms with Crippen LogP contribution in [0.25, 0.3) is 0 Å². The van der Waals surface area contributed by atoms with Crippen LogP contribution in [0.5, 0.6) is 0 Å². The van der Waals surface area contributed by atoms with Crippen molar-refractivity contribution >= 4 is 17.9 Å². The molecule has 6 nitrogen and oxygen atoms in total. The fourth-order valence-electron chi connectivity index (χ4n) is 9.05. The Kier molecular flexibility index (Phi) is 50.5. The van der Waals surface area contributed by atoms with Crippen LogP contribution >= 0.6 is 0 Å². The number of carbonyl (C=O) groups is 3. The molecule has 0 saturated carbocycles. The van der Waals surface area contributed by atoms with Crippen LogP contribution < -0.4 is 0 Å². The largest absolute Gasteiger partial charge is 0.462 e. The van der Waals surface area contributed by atoms with Crippen LogP contribution in [0.15, 0.2) is 0 Å².